The summed E-state index contributed by atoms with van der Waals surface area (Å²) in [5, 5.41) is 0. The maximum absolute atomic E-state index is 11.2. The molecule has 0 rings (SSSR count). The molecule has 0 unspecified atom stereocenters. The molecule has 0 bridgehead atoms. The number of carbonyl (C=O) groups excluding carboxylic acids is 3. The van der Waals surface area contributed by atoms with Crippen LogP contribution in [0.3, 0.4) is 0 Å². The topological polar surface area (TPSA) is 88.1 Å². The van der Waals surface area contributed by atoms with Gasteiger partial charge in [0, 0.05) is 32.6 Å². The lowest BCUT2D eigenvalue weighted by Crippen LogP contribution is -2.47. The molecule has 0 aliphatic heterocycles. The Balaban J connectivity index is 4.49. The number of ether oxygens (including phenoxy) is 1. The summed E-state index contributed by atoms with van der Waals surface area (Å²) in [5.74, 6) is -1.70. The molecule has 0 fully saturated rings. The zero-order valence-electron chi connectivity index (χ0n) is 12.2. The van der Waals surface area contributed by atoms with Gasteiger partial charge in [-0.1, -0.05) is 6.58 Å². The van der Waals surface area contributed by atoms with Gasteiger partial charge in [0.25, 0.3) is 11.9 Å². The SMILES string of the molecule is C=C(C)C(=O)OCCC[Si](OC)(OC(C)=O)OC(C)=O. The Hall–Kier alpha value is -1.67. The summed E-state index contributed by atoms with van der Waals surface area (Å²) in [7, 11) is -2.10. The molecular weight excluding hydrogens is 284 g/mol. The van der Waals surface area contributed by atoms with E-state index in [4.69, 9.17) is 18.0 Å². The van der Waals surface area contributed by atoms with Crippen LogP contribution in [0.5, 0.6) is 0 Å². The Morgan fingerprint density at radius 1 is 1.05 bits per heavy atom. The van der Waals surface area contributed by atoms with E-state index >= 15 is 0 Å². The first kappa shape index (κ1) is 18.3. The molecule has 0 aromatic carbocycles. The summed E-state index contributed by atoms with van der Waals surface area (Å²) < 4.78 is 20.1. The Kier molecular flexibility index (Phi) is 7.78. The van der Waals surface area contributed by atoms with Crippen LogP contribution in [0.25, 0.3) is 0 Å². The van der Waals surface area contributed by atoms with Crippen LogP contribution in [0, 0.1) is 0 Å². The van der Waals surface area contributed by atoms with E-state index in [-0.39, 0.29) is 12.7 Å². The van der Waals surface area contributed by atoms with E-state index < -0.39 is 26.7 Å². The molecule has 0 aromatic heterocycles. The van der Waals surface area contributed by atoms with E-state index in [1.54, 1.807) is 0 Å². The van der Waals surface area contributed by atoms with Crippen molar-refractivity contribution in [3.8, 4) is 0 Å². The number of hydrogen-bond acceptors (Lipinski definition) is 7. The van der Waals surface area contributed by atoms with Crippen molar-refractivity contribution >= 4 is 26.7 Å². The van der Waals surface area contributed by atoms with Crippen LogP contribution in [0.4, 0.5) is 0 Å². The molecule has 20 heavy (non-hydrogen) atoms. The van der Waals surface area contributed by atoms with Crippen molar-refractivity contribution in [1.82, 2.24) is 0 Å². The van der Waals surface area contributed by atoms with Crippen LogP contribution in [-0.2, 0) is 32.4 Å². The highest BCUT2D eigenvalue weighted by atomic mass is 28.4. The third kappa shape index (κ3) is 7.05. The van der Waals surface area contributed by atoms with Crippen LogP contribution >= 0.6 is 0 Å². The van der Waals surface area contributed by atoms with Crippen LogP contribution in [-0.4, -0.2) is 40.4 Å². The zero-order valence-corrected chi connectivity index (χ0v) is 13.2. The fraction of sp³-hybridized carbons (Fsp3) is 0.583. The van der Waals surface area contributed by atoms with Gasteiger partial charge >= 0.3 is 14.8 Å². The van der Waals surface area contributed by atoms with Crippen molar-refractivity contribution in [3.63, 3.8) is 0 Å². The lowest BCUT2D eigenvalue weighted by atomic mass is 10.4. The fourth-order valence-electron chi connectivity index (χ4n) is 1.32. The summed E-state index contributed by atoms with van der Waals surface area (Å²) >= 11 is 0. The predicted molar refractivity (Wildman–Crippen MR) is 71.5 cm³/mol. The Morgan fingerprint density at radius 3 is 1.90 bits per heavy atom. The second-order valence-corrected chi connectivity index (χ2v) is 6.78. The smallest absolute Gasteiger partial charge is 0.464 e. The lowest BCUT2D eigenvalue weighted by Gasteiger charge is -2.25. The van der Waals surface area contributed by atoms with Gasteiger partial charge in [-0.15, -0.1) is 0 Å². The monoisotopic (exact) mass is 304 g/mol. The number of esters is 1. The number of hydrogen-bond donors (Lipinski definition) is 0. The molecule has 0 aromatic rings. The molecule has 0 saturated carbocycles. The van der Waals surface area contributed by atoms with Crippen molar-refractivity contribution in [1.29, 1.82) is 0 Å². The molecule has 0 heterocycles. The Bertz CT molecular complexity index is 375. The molecule has 114 valence electrons. The molecular formula is C12H20O7Si. The average Bonchev–Trinajstić information content (AvgIpc) is 2.32. The number of carbonyl (C=O) groups is 3. The van der Waals surface area contributed by atoms with Crippen LogP contribution < -0.4 is 0 Å². The summed E-state index contributed by atoms with van der Waals surface area (Å²) in [5.41, 5.74) is 0.292. The largest absolute Gasteiger partial charge is 0.635 e. The van der Waals surface area contributed by atoms with Crippen molar-refractivity contribution in [2.24, 2.45) is 0 Å². The maximum atomic E-state index is 11.2. The molecule has 0 N–H and O–H groups in total. The highest BCUT2D eigenvalue weighted by molar-refractivity contribution is 6.64. The van der Waals surface area contributed by atoms with E-state index in [1.165, 1.54) is 27.9 Å². The van der Waals surface area contributed by atoms with Gasteiger partial charge in [-0.3, -0.25) is 9.59 Å². The van der Waals surface area contributed by atoms with E-state index in [0.29, 0.717) is 12.0 Å². The average molecular weight is 304 g/mol. The second-order valence-electron chi connectivity index (χ2n) is 4.09. The molecule has 0 atom stereocenters. The van der Waals surface area contributed by atoms with Gasteiger partial charge in [0.05, 0.1) is 6.61 Å². The van der Waals surface area contributed by atoms with Crippen molar-refractivity contribution in [2.75, 3.05) is 13.7 Å². The summed E-state index contributed by atoms with van der Waals surface area (Å²) in [6.07, 6.45) is 0.333. The molecule has 7 nitrogen and oxygen atoms in total. The van der Waals surface area contributed by atoms with Crippen LogP contribution in [0.1, 0.15) is 27.2 Å². The van der Waals surface area contributed by atoms with E-state index in [0.717, 1.165) is 0 Å². The third-order valence-corrected chi connectivity index (χ3v) is 4.90. The predicted octanol–water partition coefficient (Wildman–Crippen LogP) is 1.21. The first-order chi connectivity index (χ1) is 9.22. The zero-order chi connectivity index (χ0) is 15.8. The number of rotatable bonds is 8. The normalized spacial score (nSPS) is 10.6. The Morgan fingerprint density at radius 2 is 1.55 bits per heavy atom. The minimum Gasteiger partial charge on any atom is -0.464 e. The van der Waals surface area contributed by atoms with Crippen molar-refractivity contribution in [2.45, 2.75) is 33.2 Å². The molecule has 0 amide bonds. The van der Waals surface area contributed by atoms with E-state index in [1.807, 2.05) is 0 Å². The molecule has 8 heteroatoms. The summed E-state index contributed by atoms with van der Waals surface area (Å²) in [6.45, 7) is 7.47. The third-order valence-electron chi connectivity index (χ3n) is 2.12. The molecule has 0 saturated heterocycles. The molecule has 0 aliphatic rings. The van der Waals surface area contributed by atoms with Gasteiger partial charge in [0.15, 0.2) is 0 Å². The second kappa shape index (κ2) is 8.49. The Labute approximate surface area is 119 Å². The van der Waals surface area contributed by atoms with Crippen molar-refractivity contribution < 1.29 is 32.4 Å². The minimum atomic E-state index is -3.41. The van der Waals surface area contributed by atoms with E-state index in [9.17, 15) is 14.4 Å². The summed E-state index contributed by atoms with van der Waals surface area (Å²) in [6, 6.07) is 0.173. The van der Waals surface area contributed by atoms with Crippen molar-refractivity contribution in [3.05, 3.63) is 12.2 Å². The van der Waals surface area contributed by atoms with Gasteiger partial charge in [-0.05, 0) is 13.3 Å². The van der Waals surface area contributed by atoms with Crippen LogP contribution in [0.15, 0.2) is 12.2 Å². The highest BCUT2D eigenvalue weighted by Crippen LogP contribution is 2.18. The summed E-state index contributed by atoms with van der Waals surface area (Å²) in [4.78, 5) is 33.3. The van der Waals surface area contributed by atoms with Gasteiger partial charge in [0.2, 0.25) is 0 Å². The first-order valence-corrected chi connectivity index (χ1v) is 7.92. The van der Waals surface area contributed by atoms with Gasteiger partial charge in [-0.2, -0.15) is 0 Å². The molecule has 0 aliphatic carbocycles. The van der Waals surface area contributed by atoms with Gasteiger partial charge < -0.3 is 18.0 Å². The standard InChI is InChI=1S/C12H20O7Si/c1-9(2)12(15)17-7-6-8-20(16-5,18-10(3)13)19-11(4)14/h1,6-8H2,2-5H3. The quantitative estimate of drug-likeness (QED) is 0.288. The fourth-order valence-corrected chi connectivity index (χ4v) is 3.39. The molecule has 0 spiro atoms. The minimum absolute atomic E-state index is 0.0896. The molecule has 0 radical (unpaired) electrons. The lowest BCUT2D eigenvalue weighted by molar-refractivity contribution is -0.143. The van der Waals surface area contributed by atoms with Crippen LogP contribution in [0.2, 0.25) is 6.04 Å². The van der Waals surface area contributed by atoms with Gasteiger partial charge in [0.1, 0.15) is 0 Å². The maximum Gasteiger partial charge on any atom is 0.635 e. The van der Waals surface area contributed by atoms with Gasteiger partial charge in [-0.25, -0.2) is 4.79 Å². The first-order valence-electron chi connectivity index (χ1n) is 5.99. The highest BCUT2D eigenvalue weighted by Gasteiger charge is 2.46. The van der Waals surface area contributed by atoms with E-state index in [2.05, 4.69) is 6.58 Å².